The Morgan fingerprint density at radius 2 is 2.42 bits per heavy atom. The van der Waals surface area contributed by atoms with Crippen LogP contribution < -0.4 is 0 Å². The Balaban J connectivity index is 2.98. The van der Waals surface area contributed by atoms with E-state index in [0.717, 1.165) is 0 Å². The Bertz CT molecular complexity index is 308. The van der Waals surface area contributed by atoms with Crippen molar-refractivity contribution >= 4 is 5.82 Å². The van der Waals surface area contributed by atoms with Crippen LogP contribution in [-0.2, 0) is 5.54 Å². The second-order valence-corrected chi connectivity index (χ2v) is 3.20. The molecular weight excluding hydrogens is 154 g/mol. The molecule has 0 aliphatic carbocycles. The van der Waals surface area contributed by atoms with E-state index in [1.807, 2.05) is 13.8 Å². The first-order valence-corrected chi connectivity index (χ1v) is 3.64. The minimum atomic E-state index is -0.428. The van der Waals surface area contributed by atoms with Crippen molar-refractivity contribution in [1.29, 1.82) is 0 Å². The Labute approximate surface area is 71.3 Å². The number of hydrogen-bond acceptors (Lipinski definition) is 2. The van der Waals surface area contributed by atoms with Crippen LogP contribution in [0, 0.1) is 6.57 Å². The Morgan fingerprint density at radius 3 is 2.83 bits per heavy atom. The SMILES string of the molecule is [C-]#[N+]c1ccn(C(C)(C)CO)n1. The van der Waals surface area contributed by atoms with Gasteiger partial charge in [-0.05, 0) is 25.0 Å². The molecule has 64 valence electrons. The predicted octanol–water partition coefficient (Wildman–Crippen LogP) is 1.16. The summed E-state index contributed by atoms with van der Waals surface area (Å²) >= 11 is 0. The molecule has 0 saturated heterocycles. The number of nitrogens with zero attached hydrogens (tertiary/aromatic N) is 3. The minimum absolute atomic E-state index is 0.00607. The summed E-state index contributed by atoms with van der Waals surface area (Å²) in [5, 5.41) is 13.0. The van der Waals surface area contributed by atoms with Crippen molar-refractivity contribution in [2.75, 3.05) is 6.61 Å². The fourth-order valence-corrected chi connectivity index (χ4v) is 0.784. The zero-order chi connectivity index (χ0) is 9.19. The summed E-state index contributed by atoms with van der Waals surface area (Å²) in [6, 6.07) is 1.63. The summed E-state index contributed by atoms with van der Waals surface area (Å²) < 4.78 is 1.60. The molecular formula is C8H11N3O. The highest BCUT2D eigenvalue weighted by atomic mass is 16.3. The predicted molar refractivity (Wildman–Crippen MR) is 44.9 cm³/mol. The summed E-state index contributed by atoms with van der Waals surface area (Å²) in [5.41, 5.74) is -0.428. The van der Waals surface area contributed by atoms with Gasteiger partial charge in [0.25, 0.3) is 5.82 Å². The lowest BCUT2D eigenvalue weighted by Gasteiger charge is -2.18. The van der Waals surface area contributed by atoms with Gasteiger partial charge < -0.3 is 9.95 Å². The minimum Gasteiger partial charge on any atom is -0.394 e. The third-order valence-corrected chi connectivity index (χ3v) is 1.70. The van der Waals surface area contributed by atoms with Crippen molar-refractivity contribution in [2.45, 2.75) is 19.4 Å². The van der Waals surface area contributed by atoms with Gasteiger partial charge in [-0.1, -0.05) is 6.57 Å². The Morgan fingerprint density at radius 1 is 1.75 bits per heavy atom. The van der Waals surface area contributed by atoms with Crippen molar-refractivity contribution in [3.05, 3.63) is 23.7 Å². The Hall–Kier alpha value is -1.34. The molecule has 1 N–H and O–H groups in total. The summed E-state index contributed by atoms with van der Waals surface area (Å²) in [6.07, 6.45) is 1.70. The molecule has 1 aromatic heterocycles. The van der Waals surface area contributed by atoms with E-state index < -0.39 is 5.54 Å². The van der Waals surface area contributed by atoms with Crippen LogP contribution in [-0.4, -0.2) is 21.5 Å². The van der Waals surface area contributed by atoms with Gasteiger partial charge in [-0.15, -0.1) is 0 Å². The molecule has 0 radical (unpaired) electrons. The van der Waals surface area contributed by atoms with Gasteiger partial charge in [0.1, 0.15) is 0 Å². The summed E-state index contributed by atoms with van der Waals surface area (Å²) in [7, 11) is 0. The molecule has 1 heterocycles. The van der Waals surface area contributed by atoms with Gasteiger partial charge in [-0.25, -0.2) is 0 Å². The maximum absolute atomic E-state index is 8.99. The first kappa shape index (κ1) is 8.75. The molecule has 0 fully saturated rings. The summed E-state index contributed by atoms with van der Waals surface area (Å²) in [5.74, 6) is 0.358. The first-order chi connectivity index (χ1) is 5.60. The van der Waals surface area contributed by atoms with Gasteiger partial charge >= 0.3 is 0 Å². The molecule has 0 unspecified atom stereocenters. The highest BCUT2D eigenvalue weighted by Gasteiger charge is 2.22. The molecule has 12 heavy (non-hydrogen) atoms. The highest BCUT2D eigenvalue weighted by molar-refractivity contribution is 5.32. The van der Waals surface area contributed by atoms with Crippen LogP contribution in [0.1, 0.15) is 13.8 Å². The smallest absolute Gasteiger partial charge is 0.295 e. The van der Waals surface area contributed by atoms with E-state index in [2.05, 4.69) is 9.94 Å². The molecule has 1 aromatic rings. The number of hydrogen-bond donors (Lipinski definition) is 1. The number of rotatable bonds is 2. The fourth-order valence-electron chi connectivity index (χ4n) is 0.784. The van der Waals surface area contributed by atoms with E-state index in [1.165, 1.54) is 0 Å². The lowest BCUT2D eigenvalue weighted by Crippen LogP contribution is -2.30. The zero-order valence-corrected chi connectivity index (χ0v) is 7.15. The van der Waals surface area contributed by atoms with Gasteiger partial charge in [0.2, 0.25) is 0 Å². The van der Waals surface area contributed by atoms with E-state index in [0.29, 0.717) is 5.82 Å². The topological polar surface area (TPSA) is 42.4 Å². The van der Waals surface area contributed by atoms with Gasteiger partial charge in [-0.2, -0.15) is 4.68 Å². The first-order valence-electron chi connectivity index (χ1n) is 3.64. The number of aliphatic hydroxyl groups excluding tert-OH is 1. The summed E-state index contributed by atoms with van der Waals surface area (Å²) in [4.78, 5) is 3.18. The van der Waals surface area contributed by atoms with Crippen molar-refractivity contribution in [2.24, 2.45) is 0 Å². The average molecular weight is 165 g/mol. The second kappa shape index (κ2) is 2.95. The van der Waals surface area contributed by atoms with Crippen LogP contribution in [0.5, 0.6) is 0 Å². The van der Waals surface area contributed by atoms with E-state index in [-0.39, 0.29) is 6.61 Å². The molecule has 0 aromatic carbocycles. The van der Waals surface area contributed by atoms with Gasteiger partial charge in [0.15, 0.2) is 0 Å². The molecule has 0 aliphatic heterocycles. The average Bonchev–Trinajstić information content (AvgIpc) is 2.52. The maximum Gasteiger partial charge on any atom is 0.295 e. The van der Waals surface area contributed by atoms with Crippen LogP contribution in [0.3, 0.4) is 0 Å². The van der Waals surface area contributed by atoms with E-state index >= 15 is 0 Å². The Kier molecular flexibility index (Phi) is 2.15. The third kappa shape index (κ3) is 1.46. The molecule has 0 atom stereocenters. The highest BCUT2D eigenvalue weighted by Crippen LogP contribution is 2.16. The van der Waals surface area contributed by atoms with Gasteiger partial charge in [-0.3, -0.25) is 0 Å². The second-order valence-electron chi connectivity index (χ2n) is 3.20. The van der Waals surface area contributed by atoms with Crippen molar-refractivity contribution in [3.8, 4) is 0 Å². The van der Waals surface area contributed by atoms with E-state index in [9.17, 15) is 0 Å². The lowest BCUT2D eigenvalue weighted by molar-refractivity contribution is 0.152. The fraction of sp³-hybridized carbons (Fsp3) is 0.500. The van der Waals surface area contributed by atoms with Crippen LogP contribution in [0.4, 0.5) is 5.82 Å². The number of aromatic nitrogens is 2. The van der Waals surface area contributed by atoms with Gasteiger partial charge in [0, 0.05) is 6.20 Å². The zero-order valence-electron chi connectivity index (χ0n) is 7.15. The van der Waals surface area contributed by atoms with E-state index in [4.69, 9.17) is 11.7 Å². The van der Waals surface area contributed by atoms with Crippen molar-refractivity contribution < 1.29 is 5.11 Å². The largest absolute Gasteiger partial charge is 0.394 e. The van der Waals surface area contributed by atoms with Crippen LogP contribution >= 0.6 is 0 Å². The molecule has 4 nitrogen and oxygen atoms in total. The third-order valence-electron chi connectivity index (χ3n) is 1.70. The number of aliphatic hydroxyl groups is 1. The summed E-state index contributed by atoms with van der Waals surface area (Å²) in [6.45, 7) is 10.4. The monoisotopic (exact) mass is 165 g/mol. The van der Waals surface area contributed by atoms with Crippen LogP contribution in [0.2, 0.25) is 0 Å². The van der Waals surface area contributed by atoms with Crippen LogP contribution in [0.25, 0.3) is 4.85 Å². The molecule has 4 heteroatoms. The quantitative estimate of drug-likeness (QED) is 0.668. The molecule has 1 rings (SSSR count). The molecule has 0 aliphatic rings. The molecule has 0 bridgehead atoms. The van der Waals surface area contributed by atoms with Gasteiger partial charge in [0.05, 0.1) is 12.1 Å². The van der Waals surface area contributed by atoms with Crippen molar-refractivity contribution in [1.82, 2.24) is 9.78 Å². The molecule has 0 saturated carbocycles. The lowest BCUT2D eigenvalue weighted by atomic mass is 10.1. The normalized spacial score (nSPS) is 11.2. The maximum atomic E-state index is 8.99. The molecule has 0 amide bonds. The van der Waals surface area contributed by atoms with Crippen LogP contribution in [0.15, 0.2) is 12.3 Å². The van der Waals surface area contributed by atoms with Crippen molar-refractivity contribution in [3.63, 3.8) is 0 Å². The van der Waals surface area contributed by atoms with E-state index in [1.54, 1.807) is 16.9 Å². The molecule has 0 spiro atoms. The standard InChI is InChI=1S/C8H11N3O/c1-8(2,6-12)11-5-4-7(9-3)10-11/h4-5,12H,6H2,1-2H3.